The first kappa shape index (κ1) is 17.2. The highest BCUT2D eigenvalue weighted by Gasteiger charge is 2.14. The lowest BCUT2D eigenvalue weighted by Gasteiger charge is -2.33. The van der Waals surface area contributed by atoms with Gasteiger partial charge in [-0.25, -0.2) is 9.98 Å². The fraction of sp³-hybridized carbons (Fsp3) is 0.368. The van der Waals surface area contributed by atoms with E-state index in [1.54, 1.807) is 0 Å². The van der Waals surface area contributed by atoms with Crippen LogP contribution >= 0.6 is 0 Å². The maximum Gasteiger partial charge on any atom is 0.193 e. The molecule has 0 amide bonds. The molecule has 0 atom stereocenters. The fourth-order valence-corrected chi connectivity index (χ4v) is 2.73. The molecule has 1 aromatic carbocycles. The van der Waals surface area contributed by atoms with Crippen LogP contribution in [0.3, 0.4) is 0 Å². The quantitative estimate of drug-likeness (QED) is 0.660. The van der Waals surface area contributed by atoms with Gasteiger partial charge in [-0.05, 0) is 37.7 Å². The number of aliphatic imine (C=N–C) groups is 1. The Morgan fingerprint density at radius 3 is 2.48 bits per heavy atom. The molecule has 1 fully saturated rings. The molecule has 0 aliphatic carbocycles. The lowest BCUT2D eigenvalue weighted by atomic mass is 10.2. The lowest BCUT2D eigenvalue weighted by Crippen LogP contribution is -2.44. The summed E-state index contributed by atoms with van der Waals surface area (Å²) in [5.41, 5.74) is 9.16. The van der Waals surface area contributed by atoms with Crippen molar-refractivity contribution < 1.29 is 0 Å². The predicted molar refractivity (Wildman–Crippen MR) is 104 cm³/mol. The zero-order chi connectivity index (χ0) is 17.6. The van der Waals surface area contributed by atoms with Crippen LogP contribution in [0.25, 0.3) is 0 Å². The van der Waals surface area contributed by atoms with Crippen molar-refractivity contribution in [1.82, 2.24) is 9.88 Å². The number of nitrogens with one attached hydrogen (secondary N) is 1. The van der Waals surface area contributed by atoms with Gasteiger partial charge in [0.15, 0.2) is 5.96 Å². The average molecular weight is 338 g/mol. The molecule has 3 rings (SSSR count). The van der Waals surface area contributed by atoms with Crippen molar-refractivity contribution in [1.29, 1.82) is 0 Å². The maximum atomic E-state index is 5.96. The first-order chi connectivity index (χ1) is 12.1. The normalized spacial score (nSPS) is 16.1. The summed E-state index contributed by atoms with van der Waals surface area (Å²) in [4.78, 5) is 13.6. The van der Waals surface area contributed by atoms with Gasteiger partial charge < -0.3 is 20.9 Å². The van der Waals surface area contributed by atoms with Gasteiger partial charge in [0.1, 0.15) is 5.82 Å². The number of rotatable bonds is 4. The Hall–Kier alpha value is -2.60. The summed E-state index contributed by atoms with van der Waals surface area (Å²) in [6.45, 7) is 6.77. The van der Waals surface area contributed by atoms with Gasteiger partial charge in [0, 0.05) is 38.1 Å². The van der Waals surface area contributed by atoms with Gasteiger partial charge in [0.25, 0.3) is 0 Å². The van der Waals surface area contributed by atoms with Crippen LogP contribution in [0.15, 0.2) is 47.6 Å². The number of guanidine groups is 1. The van der Waals surface area contributed by atoms with Crippen LogP contribution in [0, 0.1) is 6.92 Å². The second kappa shape index (κ2) is 7.98. The molecular weight excluding hydrogens is 312 g/mol. The van der Waals surface area contributed by atoms with Crippen molar-refractivity contribution in [3.8, 4) is 0 Å². The molecule has 2 heterocycles. The van der Waals surface area contributed by atoms with Crippen LogP contribution in [-0.4, -0.2) is 49.1 Å². The van der Waals surface area contributed by atoms with E-state index < -0.39 is 0 Å². The van der Waals surface area contributed by atoms with Crippen molar-refractivity contribution in [2.45, 2.75) is 13.5 Å². The molecule has 0 bridgehead atoms. The van der Waals surface area contributed by atoms with Gasteiger partial charge in [-0.2, -0.15) is 0 Å². The number of benzene rings is 1. The Kier molecular flexibility index (Phi) is 5.50. The molecular formula is C19H26N6. The van der Waals surface area contributed by atoms with Crippen LogP contribution < -0.4 is 16.0 Å². The Balaban J connectivity index is 1.54. The van der Waals surface area contributed by atoms with Crippen LogP contribution in [0.1, 0.15) is 11.1 Å². The highest BCUT2D eigenvalue weighted by atomic mass is 15.3. The summed E-state index contributed by atoms with van der Waals surface area (Å²) in [6.07, 6.45) is 1.89. The van der Waals surface area contributed by atoms with Gasteiger partial charge in [-0.3, -0.25) is 0 Å². The van der Waals surface area contributed by atoms with Gasteiger partial charge >= 0.3 is 0 Å². The highest BCUT2D eigenvalue weighted by molar-refractivity contribution is 5.92. The number of aromatic nitrogens is 1. The number of hydrogen-bond acceptors (Lipinski definition) is 4. The van der Waals surface area contributed by atoms with E-state index in [2.05, 4.69) is 51.2 Å². The summed E-state index contributed by atoms with van der Waals surface area (Å²) < 4.78 is 0. The zero-order valence-electron chi connectivity index (χ0n) is 14.9. The molecule has 132 valence electrons. The SMILES string of the molecule is Cc1ccc(NC(N)=NCc2ccc(N3CCN(C)CC3)nc2)cc1. The van der Waals surface area contributed by atoms with E-state index in [0.29, 0.717) is 12.5 Å². The third-order valence-corrected chi connectivity index (χ3v) is 4.39. The number of nitrogens with zero attached hydrogens (tertiary/aromatic N) is 4. The number of anilines is 2. The number of likely N-dealkylation sites (N-methyl/N-ethyl adjacent to an activating group) is 1. The first-order valence-electron chi connectivity index (χ1n) is 8.62. The number of piperazine rings is 1. The molecule has 1 aliphatic heterocycles. The van der Waals surface area contributed by atoms with Gasteiger partial charge in [-0.1, -0.05) is 23.8 Å². The van der Waals surface area contributed by atoms with E-state index in [1.807, 2.05) is 30.5 Å². The van der Waals surface area contributed by atoms with Crippen molar-refractivity contribution in [2.24, 2.45) is 10.7 Å². The summed E-state index contributed by atoms with van der Waals surface area (Å²) >= 11 is 0. The number of pyridine rings is 1. The third-order valence-electron chi connectivity index (χ3n) is 4.39. The molecule has 1 aromatic heterocycles. The van der Waals surface area contributed by atoms with Crippen molar-refractivity contribution >= 4 is 17.5 Å². The minimum Gasteiger partial charge on any atom is -0.370 e. The maximum absolute atomic E-state index is 5.96. The van der Waals surface area contributed by atoms with E-state index in [1.165, 1.54) is 5.56 Å². The zero-order valence-corrected chi connectivity index (χ0v) is 14.9. The molecule has 2 aromatic rings. The second-order valence-electron chi connectivity index (χ2n) is 6.51. The van der Waals surface area contributed by atoms with Crippen LogP contribution in [0.5, 0.6) is 0 Å². The van der Waals surface area contributed by atoms with E-state index in [-0.39, 0.29) is 0 Å². The van der Waals surface area contributed by atoms with Gasteiger partial charge in [0.05, 0.1) is 6.54 Å². The van der Waals surface area contributed by atoms with Crippen molar-refractivity contribution in [3.63, 3.8) is 0 Å². The lowest BCUT2D eigenvalue weighted by molar-refractivity contribution is 0.312. The molecule has 0 spiro atoms. The molecule has 25 heavy (non-hydrogen) atoms. The number of nitrogens with two attached hydrogens (primary N) is 1. The smallest absolute Gasteiger partial charge is 0.193 e. The highest BCUT2D eigenvalue weighted by Crippen LogP contribution is 2.14. The first-order valence-corrected chi connectivity index (χ1v) is 8.62. The molecule has 6 nitrogen and oxygen atoms in total. The van der Waals surface area contributed by atoms with Crippen molar-refractivity contribution in [3.05, 3.63) is 53.7 Å². The monoisotopic (exact) mass is 338 g/mol. The average Bonchev–Trinajstić information content (AvgIpc) is 2.63. The minimum atomic E-state index is 0.409. The van der Waals surface area contributed by atoms with E-state index in [9.17, 15) is 0 Å². The second-order valence-corrected chi connectivity index (χ2v) is 6.51. The summed E-state index contributed by atoms with van der Waals surface area (Å²) in [6, 6.07) is 12.2. The molecule has 6 heteroatoms. The number of hydrogen-bond donors (Lipinski definition) is 2. The molecule has 1 saturated heterocycles. The Morgan fingerprint density at radius 1 is 1.12 bits per heavy atom. The minimum absolute atomic E-state index is 0.409. The van der Waals surface area contributed by atoms with Crippen LogP contribution in [0.4, 0.5) is 11.5 Å². The number of aryl methyl sites for hydroxylation is 1. The molecule has 1 aliphatic rings. The van der Waals surface area contributed by atoms with Crippen LogP contribution in [-0.2, 0) is 6.54 Å². The Labute approximate surface area is 149 Å². The summed E-state index contributed by atoms with van der Waals surface area (Å²) in [5, 5.41) is 3.10. The molecule has 3 N–H and O–H groups in total. The van der Waals surface area contributed by atoms with E-state index in [4.69, 9.17) is 5.73 Å². The fourth-order valence-electron chi connectivity index (χ4n) is 2.73. The summed E-state index contributed by atoms with van der Waals surface area (Å²) in [5.74, 6) is 1.44. The molecule has 0 saturated carbocycles. The predicted octanol–water partition coefficient (Wildman–Crippen LogP) is 2.07. The topological polar surface area (TPSA) is 69.8 Å². The van der Waals surface area contributed by atoms with Gasteiger partial charge in [0.2, 0.25) is 0 Å². The molecule has 0 radical (unpaired) electrons. The van der Waals surface area contributed by atoms with E-state index >= 15 is 0 Å². The third kappa shape index (κ3) is 4.93. The van der Waals surface area contributed by atoms with Crippen molar-refractivity contribution in [2.75, 3.05) is 43.4 Å². The Morgan fingerprint density at radius 2 is 1.84 bits per heavy atom. The van der Waals surface area contributed by atoms with Crippen LogP contribution in [0.2, 0.25) is 0 Å². The summed E-state index contributed by atoms with van der Waals surface area (Å²) in [7, 11) is 2.15. The molecule has 0 unspecified atom stereocenters. The largest absolute Gasteiger partial charge is 0.370 e. The standard InChI is InChI=1S/C19H26N6/c1-15-3-6-17(7-4-15)23-19(20)22-14-16-5-8-18(21-13-16)25-11-9-24(2)10-12-25/h3-8,13H,9-12,14H2,1-2H3,(H3,20,22,23). The van der Waals surface area contributed by atoms with E-state index in [0.717, 1.165) is 43.2 Å². The Bertz CT molecular complexity index is 700. The van der Waals surface area contributed by atoms with Gasteiger partial charge in [-0.15, -0.1) is 0 Å².